The van der Waals surface area contributed by atoms with E-state index in [1.807, 2.05) is 20.8 Å². The molecule has 0 saturated carbocycles. The Morgan fingerprint density at radius 2 is 1.61 bits per heavy atom. The number of carbonyl (C=O) groups excluding carboxylic acids is 1. The molecule has 2 aliphatic rings. The predicted octanol–water partition coefficient (Wildman–Crippen LogP) is 1.56. The van der Waals surface area contributed by atoms with Gasteiger partial charge < -0.3 is 25.6 Å². The van der Waals surface area contributed by atoms with Crippen LogP contribution in [-0.2, 0) is 4.74 Å². The summed E-state index contributed by atoms with van der Waals surface area (Å²) in [5.74, 6) is 0. The van der Waals surface area contributed by atoms with Crippen LogP contribution in [0.15, 0.2) is 0 Å². The first-order chi connectivity index (χ1) is 10.4. The standard InChI is InChI=1S/C11H22N2O2.C6H14N2/c1-10(2,3)15-9(14)13-7-6-12-11(4,5)8-13;1-6(2)5-7-3-4-8-6/h12H,6-8H2,1-5H3;7-8H,3-5H2,1-2H3. The summed E-state index contributed by atoms with van der Waals surface area (Å²) >= 11 is 0. The number of nitrogens with one attached hydrogen (secondary N) is 3. The van der Waals surface area contributed by atoms with E-state index in [0.717, 1.165) is 32.7 Å². The van der Waals surface area contributed by atoms with Crippen molar-refractivity contribution in [2.75, 3.05) is 39.3 Å². The molecular formula is C17H36N4O2. The summed E-state index contributed by atoms with van der Waals surface area (Å²) in [6, 6.07) is 0. The highest BCUT2D eigenvalue weighted by molar-refractivity contribution is 5.68. The van der Waals surface area contributed by atoms with Gasteiger partial charge in [0.15, 0.2) is 0 Å². The average Bonchev–Trinajstić information content (AvgIpc) is 2.36. The van der Waals surface area contributed by atoms with Gasteiger partial charge in [0.2, 0.25) is 0 Å². The number of amides is 1. The van der Waals surface area contributed by atoms with Crippen LogP contribution in [0.4, 0.5) is 4.79 Å². The monoisotopic (exact) mass is 328 g/mol. The zero-order chi connectivity index (χ0) is 17.7. The fraction of sp³-hybridized carbons (Fsp3) is 0.941. The third-order valence-corrected chi connectivity index (χ3v) is 3.70. The van der Waals surface area contributed by atoms with Gasteiger partial charge in [-0.15, -0.1) is 0 Å². The van der Waals surface area contributed by atoms with Crippen LogP contribution in [0, 0.1) is 0 Å². The second-order valence-corrected chi connectivity index (χ2v) is 8.70. The molecule has 1 amide bonds. The van der Waals surface area contributed by atoms with Crippen molar-refractivity contribution in [1.29, 1.82) is 0 Å². The minimum Gasteiger partial charge on any atom is -0.444 e. The molecule has 0 aromatic rings. The normalized spacial score (nSPS) is 23.5. The molecule has 136 valence electrons. The number of nitrogens with zero attached hydrogens (tertiary/aromatic N) is 1. The third-order valence-electron chi connectivity index (χ3n) is 3.70. The Balaban J connectivity index is 0.000000277. The second-order valence-electron chi connectivity index (χ2n) is 8.70. The summed E-state index contributed by atoms with van der Waals surface area (Å²) in [7, 11) is 0. The summed E-state index contributed by atoms with van der Waals surface area (Å²) in [4.78, 5) is 13.5. The van der Waals surface area contributed by atoms with Crippen LogP contribution < -0.4 is 16.0 Å². The molecule has 6 nitrogen and oxygen atoms in total. The topological polar surface area (TPSA) is 65.6 Å². The van der Waals surface area contributed by atoms with E-state index >= 15 is 0 Å². The molecule has 0 aromatic heterocycles. The van der Waals surface area contributed by atoms with E-state index < -0.39 is 5.60 Å². The van der Waals surface area contributed by atoms with Gasteiger partial charge in [-0.2, -0.15) is 0 Å². The lowest BCUT2D eigenvalue weighted by Crippen LogP contribution is -2.58. The third kappa shape index (κ3) is 8.53. The van der Waals surface area contributed by atoms with Crippen molar-refractivity contribution in [3.63, 3.8) is 0 Å². The number of hydrogen-bond donors (Lipinski definition) is 3. The quantitative estimate of drug-likeness (QED) is 0.630. The Hall–Kier alpha value is -0.850. The molecule has 23 heavy (non-hydrogen) atoms. The molecule has 6 heteroatoms. The van der Waals surface area contributed by atoms with Crippen molar-refractivity contribution in [3.8, 4) is 0 Å². The highest BCUT2D eigenvalue weighted by atomic mass is 16.6. The fourth-order valence-corrected chi connectivity index (χ4v) is 2.58. The SMILES string of the molecule is CC1(C)CN(C(=O)OC(C)(C)C)CCN1.CC1(C)CNCCN1. The van der Waals surface area contributed by atoms with Crippen LogP contribution in [0.25, 0.3) is 0 Å². The zero-order valence-corrected chi connectivity index (χ0v) is 16.0. The maximum Gasteiger partial charge on any atom is 0.410 e. The smallest absolute Gasteiger partial charge is 0.410 e. The van der Waals surface area contributed by atoms with Crippen LogP contribution in [0.1, 0.15) is 48.5 Å². The molecule has 0 radical (unpaired) electrons. The Kier molecular flexibility index (Phi) is 6.86. The van der Waals surface area contributed by atoms with Gasteiger partial charge in [-0.05, 0) is 48.5 Å². The largest absolute Gasteiger partial charge is 0.444 e. The Bertz CT molecular complexity index is 381. The Morgan fingerprint density at radius 1 is 1.00 bits per heavy atom. The van der Waals surface area contributed by atoms with E-state index in [1.54, 1.807) is 4.90 Å². The lowest BCUT2D eigenvalue weighted by Gasteiger charge is -2.39. The Morgan fingerprint density at radius 3 is 2.00 bits per heavy atom. The Labute approximate surface area is 141 Å². The van der Waals surface area contributed by atoms with E-state index in [4.69, 9.17) is 4.74 Å². The molecule has 0 atom stereocenters. The van der Waals surface area contributed by atoms with Crippen molar-refractivity contribution < 1.29 is 9.53 Å². The van der Waals surface area contributed by atoms with Gasteiger partial charge in [0, 0.05) is 50.3 Å². The molecule has 2 fully saturated rings. The molecule has 2 heterocycles. The highest BCUT2D eigenvalue weighted by Gasteiger charge is 2.31. The van der Waals surface area contributed by atoms with Crippen LogP contribution >= 0.6 is 0 Å². The lowest BCUT2D eigenvalue weighted by molar-refractivity contribution is 0.0149. The maximum atomic E-state index is 11.8. The summed E-state index contributed by atoms with van der Waals surface area (Å²) in [5.41, 5.74) is -0.112. The van der Waals surface area contributed by atoms with Gasteiger partial charge in [-0.3, -0.25) is 0 Å². The van der Waals surface area contributed by atoms with Crippen molar-refractivity contribution in [2.24, 2.45) is 0 Å². The van der Waals surface area contributed by atoms with E-state index in [2.05, 4.69) is 43.6 Å². The van der Waals surface area contributed by atoms with Crippen molar-refractivity contribution in [3.05, 3.63) is 0 Å². The minimum atomic E-state index is -0.411. The summed E-state index contributed by atoms with van der Waals surface area (Å²) in [5, 5.41) is 10.1. The van der Waals surface area contributed by atoms with Gasteiger partial charge >= 0.3 is 6.09 Å². The summed E-state index contributed by atoms with van der Waals surface area (Å²) in [6.07, 6.45) is -0.211. The number of carbonyl (C=O) groups is 1. The molecule has 0 aliphatic carbocycles. The number of rotatable bonds is 0. The maximum absolute atomic E-state index is 11.8. The molecular weight excluding hydrogens is 292 g/mol. The first-order valence-corrected chi connectivity index (χ1v) is 8.59. The molecule has 0 spiro atoms. The number of hydrogen-bond acceptors (Lipinski definition) is 5. The summed E-state index contributed by atoms with van der Waals surface area (Å²) in [6.45, 7) is 19.8. The highest BCUT2D eigenvalue weighted by Crippen LogP contribution is 2.15. The average molecular weight is 329 g/mol. The first kappa shape index (κ1) is 20.2. The fourth-order valence-electron chi connectivity index (χ4n) is 2.58. The lowest BCUT2D eigenvalue weighted by atomic mass is 10.0. The van der Waals surface area contributed by atoms with Gasteiger partial charge in [-0.25, -0.2) is 4.79 Å². The summed E-state index contributed by atoms with van der Waals surface area (Å²) < 4.78 is 5.33. The molecule has 3 N–H and O–H groups in total. The van der Waals surface area contributed by atoms with E-state index in [-0.39, 0.29) is 11.6 Å². The zero-order valence-electron chi connectivity index (χ0n) is 16.0. The van der Waals surface area contributed by atoms with Crippen LogP contribution in [0.3, 0.4) is 0 Å². The van der Waals surface area contributed by atoms with E-state index in [1.165, 1.54) is 0 Å². The second kappa shape index (κ2) is 7.81. The molecule has 0 aromatic carbocycles. The molecule has 2 aliphatic heterocycles. The molecule has 0 unspecified atom stereocenters. The number of piperazine rings is 2. The van der Waals surface area contributed by atoms with Gasteiger partial charge in [0.05, 0.1) is 0 Å². The van der Waals surface area contributed by atoms with Gasteiger partial charge in [0.25, 0.3) is 0 Å². The van der Waals surface area contributed by atoms with E-state index in [0.29, 0.717) is 12.1 Å². The van der Waals surface area contributed by atoms with Crippen molar-refractivity contribution in [2.45, 2.75) is 65.1 Å². The van der Waals surface area contributed by atoms with Gasteiger partial charge in [-0.1, -0.05) is 0 Å². The minimum absolute atomic E-state index is 0.0187. The molecule has 2 saturated heterocycles. The molecule has 0 bridgehead atoms. The van der Waals surface area contributed by atoms with Crippen molar-refractivity contribution >= 4 is 6.09 Å². The predicted molar refractivity (Wildman–Crippen MR) is 94.8 cm³/mol. The van der Waals surface area contributed by atoms with Crippen LogP contribution in [0.2, 0.25) is 0 Å². The van der Waals surface area contributed by atoms with Crippen LogP contribution in [-0.4, -0.2) is 66.9 Å². The number of ether oxygens (including phenoxy) is 1. The molecule has 2 rings (SSSR count). The van der Waals surface area contributed by atoms with Crippen molar-refractivity contribution in [1.82, 2.24) is 20.9 Å². The van der Waals surface area contributed by atoms with E-state index in [9.17, 15) is 4.79 Å². The van der Waals surface area contributed by atoms with Gasteiger partial charge in [0.1, 0.15) is 5.60 Å². The van der Waals surface area contributed by atoms with Crippen LogP contribution in [0.5, 0.6) is 0 Å². The first-order valence-electron chi connectivity index (χ1n) is 8.59.